The first-order valence-electron chi connectivity index (χ1n) is 11.4. The second-order valence-corrected chi connectivity index (χ2v) is 10.9. The number of carbonyl (C=O) groups excluding carboxylic acids is 1. The molecule has 166 valence electrons. The van der Waals surface area contributed by atoms with Crippen LogP contribution in [0.4, 0.5) is 5.13 Å². The van der Waals surface area contributed by atoms with Crippen molar-refractivity contribution < 1.29 is 9.53 Å². The number of thiazole rings is 1. The summed E-state index contributed by atoms with van der Waals surface area (Å²) >= 11 is 1.58. The van der Waals surface area contributed by atoms with E-state index in [1.807, 2.05) is 0 Å². The number of hydrogen-bond donors (Lipinski definition) is 0. The molecule has 4 nitrogen and oxygen atoms in total. The Morgan fingerprint density at radius 3 is 2.75 bits per heavy atom. The molecule has 2 aromatic carbocycles. The fourth-order valence-corrected chi connectivity index (χ4v) is 5.92. The highest BCUT2D eigenvalue weighted by molar-refractivity contribution is 7.17. The number of aromatic nitrogens is 1. The Morgan fingerprint density at radius 1 is 1.12 bits per heavy atom. The van der Waals surface area contributed by atoms with E-state index in [1.54, 1.807) is 11.3 Å². The van der Waals surface area contributed by atoms with Crippen LogP contribution < -0.4 is 4.90 Å². The van der Waals surface area contributed by atoms with E-state index in [4.69, 9.17) is 9.72 Å². The molecule has 1 aliphatic heterocycles. The first-order valence-corrected chi connectivity index (χ1v) is 12.2. The summed E-state index contributed by atoms with van der Waals surface area (Å²) in [5, 5.41) is 0.976. The fourth-order valence-electron chi connectivity index (χ4n) is 4.80. The van der Waals surface area contributed by atoms with Crippen molar-refractivity contribution in [2.45, 2.75) is 46.1 Å². The van der Waals surface area contributed by atoms with Gasteiger partial charge in [-0.2, -0.15) is 0 Å². The molecular weight excluding hydrogens is 416 g/mol. The minimum Gasteiger partial charge on any atom is -0.377 e. The Balaban J connectivity index is 1.39. The zero-order valence-electron chi connectivity index (χ0n) is 19.1. The van der Waals surface area contributed by atoms with Gasteiger partial charge in [-0.1, -0.05) is 79.3 Å². The number of aryl methyl sites for hydroxylation is 1. The highest BCUT2D eigenvalue weighted by Gasteiger charge is 2.36. The topological polar surface area (TPSA) is 42.4 Å². The van der Waals surface area contributed by atoms with Gasteiger partial charge < -0.3 is 9.64 Å². The lowest BCUT2D eigenvalue weighted by Gasteiger charge is -2.35. The van der Waals surface area contributed by atoms with Crippen LogP contribution in [-0.2, 0) is 17.6 Å². The maximum atomic E-state index is 12.7. The summed E-state index contributed by atoms with van der Waals surface area (Å²) in [6, 6.07) is 17.7. The van der Waals surface area contributed by atoms with Crippen LogP contribution in [0.15, 0.2) is 48.5 Å². The largest absolute Gasteiger partial charge is 0.377 e. The predicted octanol–water partition coefficient (Wildman–Crippen LogP) is 5.72. The number of benzene rings is 2. The highest BCUT2D eigenvalue weighted by Crippen LogP contribution is 2.40. The van der Waals surface area contributed by atoms with Crippen LogP contribution in [-0.4, -0.2) is 36.6 Å². The minimum atomic E-state index is -0.00371. The number of fused-ring (bicyclic) bond motifs is 1. The van der Waals surface area contributed by atoms with Crippen LogP contribution >= 0.6 is 11.3 Å². The zero-order chi connectivity index (χ0) is 22.3. The molecule has 0 amide bonds. The van der Waals surface area contributed by atoms with E-state index < -0.39 is 0 Å². The molecular formula is C27H30N2O2S. The van der Waals surface area contributed by atoms with E-state index in [9.17, 15) is 4.79 Å². The fraction of sp³-hybridized carbons (Fsp3) is 0.407. The number of ether oxygens (including phenoxy) is 1. The zero-order valence-corrected chi connectivity index (χ0v) is 19.9. The Bertz CT molecular complexity index is 1130. The number of ketones is 1. The van der Waals surface area contributed by atoms with Crippen molar-refractivity contribution in [3.05, 3.63) is 70.2 Å². The van der Waals surface area contributed by atoms with Gasteiger partial charge in [-0.25, -0.2) is 4.98 Å². The quantitative estimate of drug-likeness (QED) is 0.514. The van der Waals surface area contributed by atoms with Crippen LogP contribution in [0, 0.1) is 12.3 Å². The van der Waals surface area contributed by atoms with Gasteiger partial charge in [0, 0.05) is 13.0 Å². The third-order valence-corrected chi connectivity index (χ3v) is 7.66. The predicted molar refractivity (Wildman–Crippen MR) is 131 cm³/mol. The van der Waals surface area contributed by atoms with Gasteiger partial charge in [-0.05, 0) is 41.9 Å². The lowest BCUT2D eigenvalue weighted by Crippen LogP contribution is -2.46. The summed E-state index contributed by atoms with van der Waals surface area (Å²) < 4.78 is 5.86. The van der Waals surface area contributed by atoms with E-state index in [1.165, 1.54) is 22.3 Å². The van der Waals surface area contributed by atoms with Gasteiger partial charge >= 0.3 is 0 Å². The molecule has 0 N–H and O–H groups in total. The Morgan fingerprint density at radius 2 is 1.94 bits per heavy atom. The molecule has 2 heterocycles. The monoisotopic (exact) mass is 446 g/mol. The number of Topliss-reactive ketones (excluding diaryl/α,β-unsaturated/α-hetero) is 1. The Kier molecular flexibility index (Phi) is 5.64. The summed E-state index contributed by atoms with van der Waals surface area (Å²) in [5.74, 6) is 0.246. The van der Waals surface area contributed by atoms with E-state index >= 15 is 0 Å². The number of morpholine rings is 1. The molecule has 32 heavy (non-hydrogen) atoms. The molecule has 1 saturated heterocycles. The summed E-state index contributed by atoms with van der Waals surface area (Å²) in [5.41, 5.74) is 6.02. The van der Waals surface area contributed by atoms with Crippen molar-refractivity contribution in [3.8, 4) is 11.1 Å². The van der Waals surface area contributed by atoms with Gasteiger partial charge in [0.1, 0.15) is 0 Å². The maximum Gasteiger partial charge on any atom is 0.186 e. The van der Waals surface area contributed by atoms with Gasteiger partial charge in [0.05, 0.1) is 29.8 Å². The van der Waals surface area contributed by atoms with Crippen LogP contribution in [0.3, 0.4) is 0 Å². The molecule has 1 fully saturated rings. The van der Waals surface area contributed by atoms with Gasteiger partial charge in [-0.3, -0.25) is 4.79 Å². The minimum absolute atomic E-state index is 0.00371. The molecule has 0 bridgehead atoms. The third kappa shape index (κ3) is 4.37. The summed E-state index contributed by atoms with van der Waals surface area (Å²) in [7, 11) is 0. The van der Waals surface area contributed by atoms with E-state index in [2.05, 4.69) is 74.2 Å². The average molecular weight is 447 g/mol. The summed E-state index contributed by atoms with van der Waals surface area (Å²) in [4.78, 5) is 20.9. The van der Waals surface area contributed by atoms with E-state index in [-0.39, 0.29) is 17.2 Å². The lowest BCUT2D eigenvalue weighted by atomic mass is 9.78. The van der Waals surface area contributed by atoms with Crippen molar-refractivity contribution in [2.75, 3.05) is 24.7 Å². The standard InChI is InChI=1S/C27H30N2O2S/c1-18-7-9-20(10-8-18)21-6-4-5-19(13-21)14-22-17-31-12-11-29(22)26-28-23-15-27(2,3)16-24(30)25(23)32-26/h4-10,13,22H,11-12,14-17H2,1-3H3/t22-/m0/s1. The molecule has 0 unspecified atom stereocenters. The second kappa shape index (κ2) is 8.45. The smallest absolute Gasteiger partial charge is 0.186 e. The molecule has 0 radical (unpaired) electrons. The van der Waals surface area contributed by atoms with Gasteiger partial charge in [-0.15, -0.1) is 0 Å². The Labute approximate surface area is 194 Å². The second-order valence-electron chi connectivity index (χ2n) is 9.91. The number of carbonyl (C=O) groups is 1. The number of rotatable bonds is 4. The van der Waals surface area contributed by atoms with Crippen LogP contribution in [0.1, 0.15) is 46.8 Å². The first kappa shape index (κ1) is 21.4. The van der Waals surface area contributed by atoms with Crippen LogP contribution in [0.5, 0.6) is 0 Å². The van der Waals surface area contributed by atoms with Gasteiger partial charge in [0.15, 0.2) is 10.9 Å². The SMILES string of the molecule is Cc1ccc(-c2cccc(C[C@H]3COCCN3c3nc4c(s3)C(=O)CC(C)(C)C4)c2)cc1. The molecule has 0 spiro atoms. The van der Waals surface area contributed by atoms with Gasteiger partial charge in [0.25, 0.3) is 0 Å². The average Bonchev–Trinajstić information content (AvgIpc) is 3.18. The van der Waals surface area contributed by atoms with Crippen molar-refractivity contribution in [3.63, 3.8) is 0 Å². The molecule has 2 aliphatic rings. The normalized spacial score (nSPS) is 20.3. The van der Waals surface area contributed by atoms with Crippen LogP contribution in [0.2, 0.25) is 0 Å². The molecule has 5 rings (SSSR count). The number of hydrogen-bond acceptors (Lipinski definition) is 5. The number of nitrogens with zero attached hydrogens (tertiary/aromatic N) is 2. The van der Waals surface area contributed by atoms with Gasteiger partial charge in [0.2, 0.25) is 0 Å². The first-order chi connectivity index (χ1) is 15.4. The van der Waals surface area contributed by atoms with Crippen molar-refractivity contribution >= 4 is 22.3 Å². The lowest BCUT2D eigenvalue weighted by molar-refractivity contribution is 0.0915. The van der Waals surface area contributed by atoms with Crippen molar-refractivity contribution in [2.24, 2.45) is 5.41 Å². The number of anilines is 1. The van der Waals surface area contributed by atoms with Crippen LogP contribution in [0.25, 0.3) is 11.1 Å². The molecule has 0 saturated carbocycles. The maximum absolute atomic E-state index is 12.7. The third-order valence-electron chi connectivity index (χ3n) is 6.48. The summed E-state index contributed by atoms with van der Waals surface area (Å²) in [6.45, 7) is 8.62. The van der Waals surface area contributed by atoms with E-state index in [0.29, 0.717) is 19.6 Å². The van der Waals surface area contributed by atoms with E-state index in [0.717, 1.165) is 35.1 Å². The summed E-state index contributed by atoms with van der Waals surface area (Å²) in [6.07, 6.45) is 2.38. The highest BCUT2D eigenvalue weighted by atomic mass is 32.1. The molecule has 1 atom stereocenters. The molecule has 1 aliphatic carbocycles. The van der Waals surface area contributed by atoms with Crippen molar-refractivity contribution in [1.82, 2.24) is 4.98 Å². The van der Waals surface area contributed by atoms with Crippen molar-refractivity contribution in [1.29, 1.82) is 0 Å². The Hall–Kier alpha value is -2.50. The molecule has 1 aromatic heterocycles. The molecule has 5 heteroatoms. The molecule has 3 aromatic rings.